The molecule has 110 valence electrons. The largest absolute Gasteiger partial charge is 0.481 e. The molecule has 0 saturated heterocycles. The lowest BCUT2D eigenvalue weighted by Crippen LogP contribution is -2.38. The van der Waals surface area contributed by atoms with E-state index < -0.39 is 5.97 Å². The van der Waals surface area contributed by atoms with Crippen LogP contribution in [0.15, 0.2) is 0 Å². The van der Waals surface area contributed by atoms with E-state index in [1.54, 1.807) is 0 Å². The molecule has 1 saturated carbocycles. The first-order chi connectivity index (χ1) is 9.01. The van der Waals surface area contributed by atoms with Crippen molar-refractivity contribution in [3.05, 3.63) is 0 Å². The first kappa shape index (κ1) is 16.0. The van der Waals surface area contributed by atoms with Gasteiger partial charge < -0.3 is 10.4 Å². The predicted molar refractivity (Wildman–Crippen MR) is 74.8 cm³/mol. The van der Waals surface area contributed by atoms with Gasteiger partial charge in [-0.25, -0.2) is 0 Å². The standard InChI is InChI=1S/C15H27NO3/c1-3-4-12-5-7-13(8-6-12)16-14(17)9-11(2)10-15(18)19/h11-13H,3-10H2,1-2H3,(H,16,17)(H,18,19). The lowest BCUT2D eigenvalue weighted by atomic mass is 9.83. The Morgan fingerprint density at radius 2 is 1.84 bits per heavy atom. The molecule has 4 nitrogen and oxygen atoms in total. The molecule has 0 radical (unpaired) electrons. The number of aliphatic carboxylic acids is 1. The van der Waals surface area contributed by atoms with Gasteiger partial charge in [-0.05, 0) is 37.5 Å². The minimum Gasteiger partial charge on any atom is -0.481 e. The fraction of sp³-hybridized carbons (Fsp3) is 0.867. The summed E-state index contributed by atoms with van der Waals surface area (Å²) in [6.07, 6.45) is 7.50. The number of carbonyl (C=O) groups excluding carboxylic acids is 1. The zero-order valence-electron chi connectivity index (χ0n) is 12.2. The van der Waals surface area contributed by atoms with Gasteiger partial charge in [0.05, 0.1) is 0 Å². The molecule has 0 aliphatic heterocycles. The lowest BCUT2D eigenvalue weighted by Gasteiger charge is -2.29. The molecule has 0 aromatic rings. The van der Waals surface area contributed by atoms with E-state index >= 15 is 0 Å². The van der Waals surface area contributed by atoms with E-state index in [1.165, 1.54) is 25.7 Å². The number of amides is 1. The summed E-state index contributed by atoms with van der Waals surface area (Å²) in [6, 6.07) is 0.303. The number of hydrogen-bond donors (Lipinski definition) is 2. The Hall–Kier alpha value is -1.06. The van der Waals surface area contributed by atoms with Gasteiger partial charge in [0, 0.05) is 18.9 Å². The summed E-state index contributed by atoms with van der Waals surface area (Å²) in [6.45, 7) is 4.03. The number of nitrogens with one attached hydrogen (secondary N) is 1. The summed E-state index contributed by atoms with van der Waals surface area (Å²) in [5, 5.41) is 11.7. The highest BCUT2D eigenvalue weighted by Crippen LogP contribution is 2.27. The zero-order chi connectivity index (χ0) is 14.3. The Bertz CT molecular complexity index is 296. The molecule has 4 heteroatoms. The third-order valence-electron chi connectivity index (χ3n) is 3.97. The molecule has 1 fully saturated rings. The molecule has 1 aliphatic carbocycles. The van der Waals surface area contributed by atoms with Crippen molar-refractivity contribution in [2.75, 3.05) is 0 Å². The number of carbonyl (C=O) groups is 2. The third-order valence-corrected chi connectivity index (χ3v) is 3.97. The average Bonchev–Trinajstić information content (AvgIpc) is 2.30. The minimum atomic E-state index is -0.833. The Morgan fingerprint density at radius 3 is 2.37 bits per heavy atom. The maximum atomic E-state index is 11.8. The number of hydrogen-bond acceptors (Lipinski definition) is 2. The smallest absolute Gasteiger partial charge is 0.303 e. The zero-order valence-corrected chi connectivity index (χ0v) is 12.2. The maximum absolute atomic E-state index is 11.8. The minimum absolute atomic E-state index is 0.00712. The summed E-state index contributed by atoms with van der Waals surface area (Å²) in [5.74, 6) is -0.0777. The highest BCUT2D eigenvalue weighted by molar-refractivity contribution is 5.77. The Labute approximate surface area is 116 Å². The Kier molecular flexibility index (Phi) is 6.89. The topological polar surface area (TPSA) is 66.4 Å². The summed E-state index contributed by atoms with van der Waals surface area (Å²) in [7, 11) is 0. The molecule has 1 aliphatic rings. The van der Waals surface area contributed by atoms with Gasteiger partial charge in [0.25, 0.3) is 0 Å². The van der Waals surface area contributed by atoms with E-state index in [1.807, 2.05) is 6.92 Å². The highest BCUT2D eigenvalue weighted by atomic mass is 16.4. The van der Waals surface area contributed by atoms with E-state index in [9.17, 15) is 9.59 Å². The van der Waals surface area contributed by atoms with E-state index in [4.69, 9.17) is 5.11 Å². The molecule has 1 amide bonds. The quantitative estimate of drug-likeness (QED) is 0.746. The molecule has 0 heterocycles. The third kappa shape index (κ3) is 6.60. The maximum Gasteiger partial charge on any atom is 0.303 e. The van der Waals surface area contributed by atoms with Crippen LogP contribution in [0, 0.1) is 11.8 Å². The Morgan fingerprint density at radius 1 is 1.21 bits per heavy atom. The summed E-state index contributed by atoms with van der Waals surface area (Å²) in [4.78, 5) is 22.4. The van der Waals surface area contributed by atoms with Crippen LogP contribution < -0.4 is 5.32 Å². The summed E-state index contributed by atoms with van der Waals surface area (Å²) >= 11 is 0. The molecule has 0 aromatic heterocycles. The van der Waals surface area contributed by atoms with Gasteiger partial charge in [0.1, 0.15) is 0 Å². The van der Waals surface area contributed by atoms with Gasteiger partial charge in [-0.2, -0.15) is 0 Å². The van der Waals surface area contributed by atoms with E-state index in [2.05, 4.69) is 12.2 Å². The van der Waals surface area contributed by atoms with Gasteiger partial charge >= 0.3 is 5.97 Å². The van der Waals surface area contributed by atoms with Crippen molar-refractivity contribution >= 4 is 11.9 Å². The van der Waals surface area contributed by atoms with Gasteiger partial charge in [-0.1, -0.05) is 26.7 Å². The van der Waals surface area contributed by atoms with Crippen LogP contribution in [0.2, 0.25) is 0 Å². The van der Waals surface area contributed by atoms with Crippen molar-refractivity contribution in [3.63, 3.8) is 0 Å². The second-order valence-electron chi connectivity index (χ2n) is 5.98. The molecule has 19 heavy (non-hydrogen) atoms. The summed E-state index contributed by atoms with van der Waals surface area (Å²) < 4.78 is 0. The molecule has 1 atom stereocenters. The van der Waals surface area contributed by atoms with Crippen LogP contribution in [0.1, 0.15) is 65.2 Å². The van der Waals surface area contributed by atoms with Crippen molar-refractivity contribution in [1.82, 2.24) is 5.32 Å². The van der Waals surface area contributed by atoms with Crippen molar-refractivity contribution in [3.8, 4) is 0 Å². The predicted octanol–water partition coefficient (Wildman–Crippen LogP) is 2.96. The van der Waals surface area contributed by atoms with Crippen LogP contribution in [0.4, 0.5) is 0 Å². The molecule has 1 unspecified atom stereocenters. The number of carboxylic acids is 1. The van der Waals surface area contributed by atoms with Gasteiger partial charge in [-0.3, -0.25) is 9.59 Å². The van der Waals surface area contributed by atoms with E-state index in [0.717, 1.165) is 18.8 Å². The lowest BCUT2D eigenvalue weighted by molar-refractivity contribution is -0.138. The molecule has 1 rings (SSSR count). The molecular formula is C15H27NO3. The highest BCUT2D eigenvalue weighted by Gasteiger charge is 2.22. The number of carboxylic acid groups (broad SMARTS) is 1. The van der Waals surface area contributed by atoms with Crippen molar-refractivity contribution < 1.29 is 14.7 Å². The second-order valence-corrected chi connectivity index (χ2v) is 5.98. The van der Waals surface area contributed by atoms with Crippen LogP contribution in [-0.2, 0) is 9.59 Å². The average molecular weight is 269 g/mol. The van der Waals surface area contributed by atoms with Gasteiger partial charge in [-0.15, -0.1) is 0 Å². The van der Waals surface area contributed by atoms with Gasteiger partial charge in [0.15, 0.2) is 0 Å². The van der Waals surface area contributed by atoms with Crippen molar-refractivity contribution in [2.45, 2.75) is 71.3 Å². The fourth-order valence-corrected chi connectivity index (χ4v) is 2.98. The molecule has 2 N–H and O–H groups in total. The normalized spacial score (nSPS) is 24.7. The molecular weight excluding hydrogens is 242 g/mol. The SMILES string of the molecule is CCCC1CCC(NC(=O)CC(C)CC(=O)O)CC1. The monoisotopic (exact) mass is 269 g/mol. The molecule has 0 aromatic carbocycles. The van der Waals surface area contributed by atoms with E-state index in [-0.39, 0.29) is 18.2 Å². The van der Waals surface area contributed by atoms with Crippen LogP contribution >= 0.6 is 0 Å². The van der Waals surface area contributed by atoms with Crippen LogP contribution in [0.3, 0.4) is 0 Å². The molecule has 0 bridgehead atoms. The van der Waals surface area contributed by atoms with Crippen molar-refractivity contribution in [2.24, 2.45) is 11.8 Å². The van der Waals surface area contributed by atoms with Crippen molar-refractivity contribution in [1.29, 1.82) is 0 Å². The number of rotatable bonds is 7. The Balaban J connectivity index is 2.21. The van der Waals surface area contributed by atoms with Crippen LogP contribution in [0.5, 0.6) is 0 Å². The van der Waals surface area contributed by atoms with E-state index in [0.29, 0.717) is 12.5 Å². The first-order valence-corrected chi connectivity index (χ1v) is 7.52. The second kappa shape index (κ2) is 8.18. The van der Waals surface area contributed by atoms with Crippen LogP contribution in [-0.4, -0.2) is 23.0 Å². The van der Waals surface area contributed by atoms with Gasteiger partial charge in [0.2, 0.25) is 5.91 Å². The summed E-state index contributed by atoms with van der Waals surface area (Å²) in [5.41, 5.74) is 0. The fourth-order valence-electron chi connectivity index (χ4n) is 2.98. The van der Waals surface area contributed by atoms with Crippen LogP contribution in [0.25, 0.3) is 0 Å². The molecule has 0 spiro atoms. The first-order valence-electron chi connectivity index (χ1n) is 7.52.